The summed E-state index contributed by atoms with van der Waals surface area (Å²) < 4.78 is 0. The van der Waals surface area contributed by atoms with E-state index in [2.05, 4.69) is 49.5 Å². The van der Waals surface area contributed by atoms with Crippen molar-refractivity contribution in [3.63, 3.8) is 0 Å². The van der Waals surface area contributed by atoms with E-state index in [0.717, 1.165) is 19.0 Å². The smallest absolute Gasteiger partial charge is 0.00863 e. The molecule has 0 heterocycles. The summed E-state index contributed by atoms with van der Waals surface area (Å²) in [5, 5.41) is 3.53. The van der Waals surface area contributed by atoms with Crippen molar-refractivity contribution in [1.29, 1.82) is 0 Å². The maximum absolute atomic E-state index is 5.85. The second-order valence-corrected chi connectivity index (χ2v) is 5.44. The van der Waals surface area contributed by atoms with Crippen LogP contribution in [0.1, 0.15) is 44.6 Å². The number of unbranched alkanes of at least 4 members (excludes halogenated alkanes) is 1. The minimum atomic E-state index is 0.441. The normalized spacial score (nSPS) is 12.9. The predicted octanol–water partition coefficient (Wildman–Crippen LogP) is 3.14. The lowest BCUT2D eigenvalue weighted by Crippen LogP contribution is -2.27. The number of hydrogen-bond acceptors (Lipinski definition) is 2. The fraction of sp³-hybridized carbons (Fsp3) is 0.625. The van der Waals surface area contributed by atoms with Crippen LogP contribution in [0.4, 0.5) is 0 Å². The van der Waals surface area contributed by atoms with Crippen molar-refractivity contribution in [1.82, 2.24) is 5.32 Å². The Hall–Kier alpha value is -0.860. The summed E-state index contributed by atoms with van der Waals surface area (Å²) in [6, 6.07) is 10.5. The second kappa shape index (κ2) is 9.12. The summed E-state index contributed by atoms with van der Waals surface area (Å²) in [6.45, 7) is 7.38. The zero-order chi connectivity index (χ0) is 13.2. The molecule has 0 bridgehead atoms. The van der Waals surface area contributed by atoms with Crippen molar-refractivity contribution in [2.45, 2.75) is 39.0 Å². The Bertz CT molecular complexity index is 295. The van der Waals surface area contributed by atoms with Crippen LogP contribution >= 0.6 is 0 Å². The standard InChI is InChI=1S/C16H28N2/c1-14(2)8-6-7-11-18-13-16(12-17)15-9-4-3-5-10-15/h3-5,9-10,14,16,18H,6-8,11-13,17H2,1-2H3. The van der Waals surface area contributed by atoms with E-state index in [1.807, 2.05) is 0 Å². The molecule has 0 aliphatic carbocycles. The highest BCUT2D eigenvalue weighted by Gasteiger charge is 2.07. The van der Waals surface area contributed by atoms with Gasteiger partial charge < -0.3 is 11.1 Å². The summed E-state index contributed by atoms with van der Waals surface area (Å²) in [5.74, 6) is 1.27. The molecule has 2 heteroatoms. The lowest BCUT2D eigenvalue weighted by molar-refractivity contribution is 0.509. The van der Waals surface area contributed by atoms with E-state index in [1.165, 1.54) is 24.8 Å². The summed E-state index contributed by atoms with van der Waals surface area (Å²) in [6.07, 6.45) is 3.92. The highest BCUT2D eigenvalue weighted by molar-refractivity contribution is 5.20. The third-order valence-corrected chi connectivity index (χ3v) is 3.33. The Labute approximate surface area is 112 Å². The second-order valence-electron chi connectivity index (χ2n) is 5.44. The van der Waals surface area contributed by atoms with Crippen molar-refractivity contribution in [3.05, 3.63) is 35.9 Å². The molecular formula is C16H28N2. The Balaban J connectivity index is 2.17. The van der Waals surface area contributed by atoms with Crippen LogP contribution in [-0.4, -0.2) is 19.6 Å². The van der Waals surface area contributed by atoms with Crippen LogP contribution in [0.15, 0.2) is 30.3 Å². The summed E-state index contributed by atoms with van der Waals surface area (Å²) >= 11 is 0. The fourth-order valence-corrected chi connectivity index (χ4v) is 2.14. The van der Waals surface area contributed by atoms with E-state index in [-0.39, 0.29) is 0 Å². The van der Waals surface area contributed by atoms with Gasteiger partial charge in [-0.3, -0.25) is 0 Å². The highest BCUT2D eigenvalue weighted by Crippen LogP contribution is 2.12. The molecule has 0 saturated heterocycles. The van der Waals surface area contributed by atoms with Crippen molar-refractivity contribution in [3.8, 4) is 0 Å². The Morgan fingerprint density at radius 1 is 1.11 bits per heavy atom. The number of nitrogens with one attached hydrogen (secondary N) is 1. The van der Waals surface area contributed by atoms with E-state index in [9.17, 15) is 0 Å². The number of benzene rings is 1. The van der Waals surface area contributed by atoms with Gasteiger partial charge in [0.1, 0.15) is 0 Å². The van der Waals surface area contributed by atoms with Crippen LogP contribution in [-0.2, 0) is 0 Å². The molecule has 2 nitrogen and oxygen atoms in total. The average molecular weight is 248 g/mol. The van der Waals surface area contributed by atoms with Gasteiger partial charge in [-0.25, -0.2) is 0 Å². The molecule has 0 radical (unpaired) electrons. The van der Waals surface area contributed by atoms with Gasteiger partial charge in [-0.05, 0) is 24.4 Å². The van der Waals surface area contributed by atoms with E-state index in [1.54, 1.807) is 0 Å². The van der Waals surface area contributed by atoms with E-state index in [0.29, 0.717) is 12.5 Å². The molecule has 0 fully saturated rings. The van der Waals surface area contributed by atoms with Crippen LogP contribution in [0.25, 0.3) is 0 Å². The first-order valence-corrected chi connectivity index (χ1v) is 7.19. The lowest BCUT2D eigenvalue weighted by Gasteiger charge is -2.16. The lowest BCUT2D eigenvalue weighted by atomic mass is 9.99. The van der Waals surface area contributed by atoms with E-state index in [4.69, 9.17) is 5.73 Å². The zero-order valence-electron chi connectivity index (χ0n) is 11.9. The van der Waals surface area contributed by atoms with Gasteiger partial charge in [-0.1, -0.05) is 57.0 Å². The van der Waals surface area contributed by atoms with E-state index >= 15 is 0 Å². The first-order chi connectivity index (χ1) is 8.74. The van der Waals surface area contributed by atoms with Crippen LogP contribution in [0.5, 0.6) is 0 Å². The molecule has 1 aromatic carbocycles. The molecule has 0 saturated carbocycles. The van der Waals surface area contributed by atoms with Gasteiger partial charge in [0, 0.05) is 19.0 Å². The fourth-order valence-electron chi connectivity index (χ4n) is 2.14. The molecule has 0 aliphatic heterocycles. The van der Waals surface area contributed by atoms with Crippen molar-refractivity contribution < 1.29 is 0 Å². The molecule has 0 aliphatic rings. The van der Waals surface area contributed by atoms with Crippen molar-refractivity contribution >= 4 is 0 Å². The minimum absolute atomic E-state index is 0.441. The third-order valence-electron chi connectivity index (χ3n) is 3.33. The van der Waals surface area contributed by atoms with Gasteiger partial charge in [-0.15, -0.1) is 0 Å². The van der Waals surface area contributed by atoms with Crippen LogP contribution in [0, 0.1) is 5.92 Å². The number of rotatable bonds is 9. The van der Waals surface area contributed by atoms with Gasteiger partial charge >= 0.3 is 0 Å². The Morgan fingerprint density at radius 3 is 2.44 bits per heavy atom. The SMILES string of the molecule is CC(C)CCCCNCC(CN)c1ccccc1. The van der Waals surface area contributed by atoms with Gasteiger partial charge in [-0.2, -0.15) is 0 Å². The maximum Gasteiger partial charge on any atom is 0.00863 e. The van der Waals surface area contributed by atoms with Crippen molar-refractivity contribution in [2.24, 2.45) is 11.7 Å². The molecule has 0 amide bonds. The molecule has 1 rings (SSSR count). The topological polar surface area (TPSA) is 38.0 Å². The largest absolute Gasteiger partial charge is 0.330 e. The molecule has 0 aromatic heterocycles. The Kier molecular flexibility index (Phi) is 7.70. The molecule has 3 N–H and O–H groups in total. The van der Waals surface area contributed by atoms with Crippen LogP contribution in [0.3, 0.4) is 0 Å². The van der Waals surface area contributed by atoms with E-state index < -0.39 is 0 Å². The van der Waals surface area contributed by atoms with Crippen molar-refractivity contribution in [2.75, 3.05) is 19.6 Å². The highest BCUT2D eigenvalue weighted by atomic mass is 14.9. The van der Waals surface area contributed by atoms with Gasteiger partial charge in [0.25, 0.3) is 0 Å². The molecule has 1 unspecified atom stereocenters. The maximum atomic E-state index is 5.85. The first kappa shape index (κ1) is 15.2. The summed E-state index contributed by atoms with van der Waals surface area (Å²) in [5.41, 5.74) is 7.19. The monoisotopic (exact) mass is 248 g/mol. The molecule has 1 aromatic rings. The average Bonchev–Trinajstić information content (AvgIpc) is 2.38. The van der Waals surface area contributed by atoms with Gasteiger partial charge in [0.05, 0.1) is 0 Å². The molecule has 102 valence electrons. The molecule has 18 heavy (non-hydrogen) atoms. The number of nitrogens with two attached hydrogens (primary N) is 1. The quantitative estimate of drug-likeness (QED) is 0.659. The number of hydrogen-bond donors (Lipinski definition) is 2. The third kappa shape index (κ3) is 6.18. The molecular weight excluding hydrogens is 220 g/mol. The minimum Gasteiger partial charge on any atom is -0.330 e. The van der Waals surface area contributed by atoms with Gasteiger partial charge in [0.15, 0.2) is 0 Å². The first-order valence-electron chi connectivity index (χ1n) is 7.19. The predicted molar refractivity (Wildman–Crippen MR) is 79.8 cm³/mol. The summed E-state index contributed by atoms with van der Waals surface area (Å²) in [4.78, 5) is 0. The summed E-state index contributed by atoms with van der Waals surface area (Å²) in [7, 11) is 0. The molecule has 0 spiro atoms. The van der Waals surface area contributed by atoms with Gasteiger partial charge in [0.2, 0.25) is 0 Å². The zero-order valence-corrected chi connectivity index (χ0v) is 11.9. The Morgan fingerprint density at radius 2 is 1.83 bits per heavy atom. The van der Waals surface area contributed by atoms with Crippen LogP contribution in [0.2, 0.25) is 0 Å². The molecule has 1 atom stereocenters. The van der Waals surface area contributed by atoms with Crippen LogP contribution < -0.4 is 11.1 Å².